The molecule has 11 heteroatoms. The van der Waals surface area contributed by atoms with Gasteiger partial charge in [-0.25, -0.2) is 9.80 Å². The molecule has 1 atom stereocenters. The van der Waals surface area contributed by atoms with Crippen LogP contribution in [0.4, 0.5) is 11.4 Å². The van der Waals surface area contributed by atoms with Gasteiger partial charge in [-0.15, -0.1) is 12.8 Å². The van der Waals surface area contributed by atoms with Gasteiger partial charge in [0, 0.05) is 79.6 Å². The Hall–Kier alpha value is -4.68. The van der Waals surface area contributed by atoms with Crippen molar-refractivity contribution in [3.05, 3.63) is 107 Å². The molecule has 0 amide bonds. The maximum Gasteiger partial charge on any atom is 0.355 e. The first-order chi connectivity index (χ1) is 26.5. The molecule has 10 nitrogen and oxygen atoms in total. The maximum atomic E-state index is 14.0. The Balaban J connectivity index is 0.00000221. The minimum absolute atomic E-state index is 0.143. The largest absolute Gasteiger partial charge is 0.493 e. The monoisotopic (exact) mass is 747 g/mol. The number of hydrogen-bond donors (Lipinski definition) is 4. The van der Waals surface area contributed by atoms with Crippen LogP contribution in [0.3, 0.4) is 0 Å². The van der Waals surface area contributed by atoms with Crippen molar-refractivity contribution in [1.82, 2.24) is 20.3 Å². The standard InChI is InChI=1S/C43H50N6O3.H3NS/c1-4-51-43(50)42-36(16-9-28-52-39-17-7-12-31-11-5-6-13-34(31)39)35-14-8-15-37-40-30(2)46(3)45-38(40)29-48(24-10-25-49(42)41(35)37)33-20-18-32(19-21-33)47-26-22-44-23-27-47;1-2/h5-8,11-15,17-21,30,44-45H,4,9-10,16,22-29H2,1-3H3;2H,1H2. The molecule has 0 bridgehead atoms. The summed E-state index contributed by atoms with van der Waals surface area (Å²) >= 11 is 3.03. The Labute approximate surface area is 324 Å². The summed E-state index contributed by atoms with van der Waals surface area (Å²) in [5, 5.41) is 13.3. The van der Waals surface area contributed by atoms with Crippen molar-refractivity contribution in [3.63, 3.8) is 0 Å². The third-order valence-corrected chi connectivity index (χ3v) is 11.0. The summed E-state index contributed by atoms with van der Waals surface area (Å²) in [6.45, 7) is 11.5. The zero-order valence-electron chi connectivity index (χ0n) is 31.7. The van der Waals surface area contributed by atoms with E-state index in [1.807, 2.05) is 25.1 Å². The number of fused-ring (bicyclic) bond motifs is 2. The molecule has 8 rings (SSSR count). The molecule has 0 aliphatic carbocycles. The number of aryl methyl sites for hydroxylation is 2. The third-order valence-electron chi connectivity index (χ3n) is 11.0. The fraction of sp³-hybridized carbons (Fsp3) is 0.372. The summed E-state index contributed by atoms with van der Waals surface area (Å²) in [6, 6.07) is 30.3. The van der Waals surface area contributed by atoms with Gasteiger partial charge in [-0.1, -0.05) is 54.6 Å². The predicted octanol–water partition coefficient (Wildman–Crippen LogP) is 6.64. The maximum absolute atomic E-state index is 14.0. The van der Waals surface area contributed by atoms with Crippen molar-refractivity contribution in [2.24, 2.45) is 5.14 Å². The molecule has 5 aromatic rings. The number of benzene rings is 4. The van der Waals surface area contributed by atoms with E-state index in [2.05, 4.69) is 129 Å². The first-order valence-corrected chi connectivity index (χ1v) is 19.7. The molecular formula is C43H53N7O3S. The summed E-state index contributed by atoms with van der Waals surface area (Å²) in [5.41, 5.74) is 12.7. The van der Waals surface area contributed by atoms with E-state index in [9.17, 15) is 4.79 Å². The van der Waals surface area contributed by atoms with E-state index < -0.39 is 0 Å². The Bertz CT molecular complexity index is 2100. The number of nitrogens with two attached hydrogens (primary N) is 1. The van der Waals surface area contributed by atoms with Crippen LogP contribution in [0.5, 0.6) is 5.75 Å². The zero-order chi connectivity index (χ0) is 37.6. The van der Waals surface area contributed by atoms with Crippen molar-refractivity contribution in [2.45, 2.75) is 45.7 Å². The molecule has 0 spiro atoms. The Morgan fingerprint density at radius 2 is 1.57 bits per heavy atom. The second kappa shape index (κ2) is 17.2. The van der Waals surface area contributed by atoms with Crippen LogP contribution in [0.15, 0.2) is 90.6 Å². The van der Waals surface area contributed by atoms with Crippen molar-refractivity contribution in [1.29, 1.82) is 0 Å². The van der Waals surface area contributed by atoms with Crippen molar-refractivity contribution < 1.29 is 14.3 Å². The number of nitrogens with zero attached hydrogens (tertiary/aromatic N) is 4. The van der Waals surface area contributed by atoms with Gasteiger partial charge in [0.1, 0.15) is 11.4 Å². The predicted molar refractivity (Wildman–Crippen MR) is 224 cm³/mol. The normalized spacial score (nSPS) is 17.5. The number of hydrazine groups is 1. The lowest BCUT2D eigenvalue weighted by Gasteiger charge is -2.31. The van der Waals surface area contributed by atoms with Gasteiger partial charge >= 0.3 is 5.97 Å². The number of esters is 1. The number of rotatable bonds is 9. The first-order valence-electron chi connectivity index (χ1n) is 19.2. The number of piperazine rings is 1. The van der Waals surface area contributed by atoms with E-state index in [0.29, 0.717) is 31.9 Å². The molecule has 3 aliphatic rings. The molecule has 4 heterocycles. The second-order valence-electron chi connectivity index (χ2n) is 14.1. The molecule has 4 aromatic carbocycles. The van der Waals surface area contributed by atoms with E-state index in [1.165, 1.54) is 33.6 Å². The van der Waals surface area contributed by atoms with E-state index in [4.69, 9.17) is 9.47 Å². The lowest BCUT2D eigenvalue weighted by atomic mass is 9.94. The highest BCUT2D eigenvalue weighted by Gasteiger charge is 2.33. The highest BCUT2D eigenvalue weighted by Crippen LogP contribution is 2.39. The Morgan fingerprint density at radius 1 is 0.870 bits per heavy atom. The lowest BCUT2D eigenvalue weighted by molar-refractivity contribution is 0.0512. The van der Waals surface area contributed by atoms with Gasteiger partial charge < -0.3 is 34.6 Å². The number of ether oxygens (including phenoxy) is 2. The number of hydrogen-bond acceptors (Lipinski definition) is 10. The van der Waals surface area contributed by atoms with Crippen LogP contribution in [0, 0.1) is 0 Å². The quantitative estimate of drug-likeness (QED) is 0.0752. The molecule has 1 unspecified atom stereocenters. The van der Waals surface area contributed by atoms with Crippen LogP contribution < -0.4 is 30.4 Å². The van der Waals surface area contributed by atoms with Crippen molar-refractivity contribution >= 4 is 57.4 Å². The van der Waals surface area contributed by atoms with Crippen molar-refractivity contribution in [2.75, 3.05) is 69.3 Å². The molecular weight excluding hydrogens is 695 g/mol. The molecule has 0 radical (unpaired) electrons. The van der Waals surface area contributed by atoms with Crippen LogP contribution in [0.25, 0.3) is 27.2 Å². The molecule has 0 saturated carbocycles. The summed E-state index contributed by atoms with van der Waals surface area (Å²) in [7, 11) is 2.12. The van der Waals surface area contributed by atoms with Gasteiger partial charge in [0.25, 0.3) is 0 Å². The van der Waals surface area contributed by atoms with Crippen LogP contribution in [0.2, 0.25) is 0 Å². The average molecular weight is 748 g/mol. The van der Waals surface area contributed by atoms with Gasteiger partial charge in [-0.2, -0.15) is 0 Å². The van der Waals surface area contributed by atoms with Crippen LogP contribution >= 0.6 is 12.8 Å². The van der Waals surface area contributed by atoms with Gasteiger partial charge in [0.15, 0.2) is 0 Å². The van der Waals surface area contributed by atoms with Crippen LogP contribution in [-0.2, 0) is 17.7 Å². The minimum atomic E-state index is -0.254. The number of aromatic nitrogens is 1. The summed E-state index contributed by atoms with van der Waals surface area (Å²) in [5.74, 6) is 0.636. The SMILES string of the molecule is CCOC(=O)c1c(CCCOc2cccc3ccccc23)c2cccc3c2n1CCCN(c1ccc(N2CCNCC2)cc1)CC1=C3C(C)N(C)N1.NS. The lowest BCUT2D eigenvalue weighted by Crippen LogP contribution is -2.43. The highest BCUT2D eigenvalue weighted by atomic mass is 32.1. The van der Waals surface area contributed by atoms with E-state index in [-0.39, 0.29) is 12.0 Å². The van der Waals surface area contributed by atoms with E-state index in [0.717, 1.165) is 79.7 Å². The first kappa shape index (κ1) is 37.6. The number of likely N-dealkylation sites (N-methyl/N-ethyl adjacent to an activating group) is 1. The fourth-order valence-corrected chi connectivity index (χ4v) is 8.39. The number of thiol groups is 1. The number of carbonyl (C=O) groups is 1. The second-order valence-corrected chi connectivity index (χ2v) is 14.1. The molecule has 1 saturated heterocycles. The highest BCUT2D eigenvalue weighted by molar-refractivity contribution is 7.77. The number of carbonyl (C=O) groups excluding carboxylic acids is 1. The number of para-hydroxylation sites is 1. The summed E-state index contributed by atoms with van der Waals surface area (Å²) in [6.07, 6.45) is 2.35. The van der Waals surface area contributed by atoms with Crippen molar-refractivity contribution in [3.8, 4) is 5.75 Å². The minimum Gasteiger partial charge on any atom is -0.493 e. The van der Waals surface area contributed by atoms with Gasteiger partial charge in [-0.3, -0.25) is 5.14 Å². The molecule has 1 fully saturated rings. The summed E-state index contributed by atoms with van der Waals surface area (Å²) < 4.78 is 14.4. The zero-order valence-corrected chi connectivity index (χ0v) is 32.6. The smallest absolute Gasteiger partial charge is 0.355 e. The van der Waals surface area contributed by atoms with Gasteiger partial charge in [-0.05, 0) is 74.4 Å². The Morgan fingerprint density at radius 3 is 2.35 bits per heavy atom. The number of nitrogens with one attached hydrogen (secondary N) is 2. The van der Waals surface area contributed by atoms with Crippen LogP contribution in [-0.4, -0.2) is 81.1 Å². The number of anilines is 2. The molecule has 3 aliphatic heterocycles. The topological polar surface area (TPSA) is 100 Å². The molecule has 4 N–H and O–H groups in total. The van der Waals surface area contributed by atoms with Crippen LogP contribution in [0.1, 0.15) is 48.3 Å². The van der Waals surface area contributed by atoms with Gasteiger partial charge in [0.2, 0.25) is 0 Å². The molecule has 284 valence electrons. The molecule has 54 heavy (non-hydrogen) atoms. The van der Waals surface area contributed by atoms with Gasteiger partial charge in [0.05, 0.1) is 37.0 Å². The average Bonchev–Trinajstić information content (AvgIpc) is 3.69. The van der Waals surface area contributed by atoms with E-state index in [1.54, 1.807) is 0 Å². The van der Waals surface area contributed by atoms with E-state index >= 15 is 0 Å². The fourth-order valence-electron chi connectivity index (χ4n) is 8.39. The molecule has 1 aromatic heterocycles. The summed E-state index contributed by atoms with van der Waals surface area (Å²) in [4.78, 5) is 18.9. The Kier molecular flexibility index (Phi) is 12.0. The third kappa shape index (κ3) is 7.50.